The van der Waals surface area contributed by atoms with Gasteiger partial charge in [-0.1, -0.05) is 36.4 Å². The van der Waals surface area contributed by atoms with Gasteiger partial charge in [0.2, 0.25) is 0 Å². The van der Waals surface area contributed by atoms with E-state index in [9.17, 15) is 4.79 Å². The van der Waals surface area contributed by atoms with Gasteiger partial charge in [-0.05, 0) is 24.6 Å². The van der Waals surface area contributed by atoms with E-state index in [-0.39, 0.29) is 0 Å². The highest BCUT2D eigenvalue weighted by Gasteiger charge is 2.13. The Kier molecular flexibility index (Phi) is 2.71. The van der Waals surface area contributed by atoms with Crippen LogP contribution in [0.25, 0.3) is 22.0 Å². The Bertz CT molecular complexity index is 768. The summed E-state index contributed by atoms with van der Waals surface area (Å²) in [6, 6.07) is 16.1. The van der Waals surface area contributed by atoms with Gasteiger partial charge in [0.25, 0.3) is 0 Å². The van der Waals surface area contributed by atoms with E-state index in [1.165, 1.54) is 22.2 Å². The lowest BCUT2D eigenvalue weighted by Crippen LogP contribution is -1.90. The molecule has 1 aromatic heterocycles. The van der Waals surface area contributed by atoms with Crippen LogP contribution < -0.4 is 0 Å². The Labute approximate surface area is 112 Å². The van der Waals surface area contributed by atoms with Crippen molar-refractivity contribution in [1.29, 1.82) is 0 Å². The fourth-order valence-electron chi connectivity index (χ4n) is 2.65. The summed E-state index contributed by atoms with van der Waals surface area (Å²) >= 11 is 0. The minimum atomic E-state index is 0.713. The van der Waals surface area contributed by atoms with Crippen LogP contribution in [0.1, 0.15) is 16.1 Å². The van der Waals surface area contributed by atoms with Crippen LogP contribution >= 0.6 is 0 Å². The monoisotopic (exact) mass is 249 g/mol. The molecule has 0 aliphatic rings. The molecule has 0 radical (unpaired) electrons. The summed E-state index contributed by atoms with van der Waals surface area (Å²) < 4.78 is 2.19. The number of hydrogen-bond acceptors (Lipinski definition) is 1. The van der Waals surface area contributed by atoms with Gasteiger partial charge in [-0.15, -0.1) is 0 Å². The standard InChI is InChI=1S/C17H15NO/c1-12-17(14-7-5-6-13(10-14)11-19)15-8-3-4-9-16(15)18(12)2/h3-11H,1-2H3. The maximum absolute atomic E-state index is 10.9. The van der Waals surface area contributed by atoms with Crippen LogP contribution in [0.3, 0.4) is 0 Å². The SMILES string of the molecule is Cc1c(-c2cccc(C=O)c2)c2ccccc2n1C. The highest BCUT2D eigenvalue weighted by atomic mass is 16.1. The van der Waals surface area contributed by atoms with Crippen molar-refractivity contribution in [2.45, 2.75) is 6.92 Å². The van der Waals surface area contributed by atoms with Crippen LogP contribution in [0.2, 0.25) is 0 Å². The number of aryl methyl sites for hydroxylation is 1. The molecular weight excluding hydrogens is 234 g/mol. The molecule has 0 aliphatic heterocycles. The largest absolute Gasteiger partial charge is 0.347 e. The molecule has 0 saturated carbocycles. The zero-order chi connectivity index (χ0) is 13.4. The van der Waals surface area contributed by atoms with Crippen molar-refractivity contribution in [3.63, 3.8) is 0 Å². The number of para-hydroxylation sites is 1. The van der Waals surface area contributed by atoms with Gasteiger partial charge in [0, 0.05) is 34.8 Å². The zero-order valence-corrected chi connectivity index (χ0v) is 11.1. The predicted octanol–water partition coefficient (Wildman–Crippen LogP) is 3.97. The number of aldehydes is 1. The topological polar surface area (TPSA) is 22.0 Å². The molecule has 0 fully saturated rings. The molecule has 0 atom stereocenters. The predicted molar refractivity (Wildman–Crippen MR) is 78.5 cm³/mol. The molecule has 3 aromatic rings. The van der Waals surface area contributed by atoms with Crippen LogP contribution in [0, 0.1) is 6.92 Å². The fraction of sp³-hybridized carbons (Fsp3) is 0.118. The van der Waals surface area contributed by atoms with Gasteiger partial charge in [-0.2, -0.15) is 0 Å². The number of rotatable bonds is 2. The summed E-state index contributed by atoms with van der Waals surface area (Å²) in [6.45, 7) is 2.11. The van der Waals surface area contributed by atoms with Gasteiger partial charge in [-0.3, -0.25) is 4.79 Å². The minimum Gasteiger partial charge on any atom is -0.347 e. The van der Waals surface area contributed by atoms with Crippen molar-refractivity contribution < 1.29 is 4.79 Å². The van der Waals surface area contributed by atoms with Crippen molar-refractivity contribution in [3.8, 4) is 11.1 Å². The average Bonchev–Trinajstić information content (AvgIpc) is 2.72. The first-order valence-corrected chi connectivity index (χ1v) is 6.32. The van der Waals surface area contributed by atoms with E-state index in [0.717, 1.165) is 11.8 Å². The van der Waals surface area contributed by atoms with Crippen LogP contribution in [0.15, 0.2) is 48.5 Å². The quantitative estimate of drug-likeness (QED) is 0.630. The summed E-state index contributed by atoms with van der Waals surface area (Å²) in [7, 11) is 2.07. The third-order valence-corrected chi connectivity index (χ3v) is 3.71. The first-order chi connectivity index (χ1) is 9.22. The molecule has 2 heteroatoms. The number of nitrogens with zero attached hydrogens (tertiary/aromatic N) is 1. The Morgan fingerprint density at radius 3 is 2.63 bits per heavy atom. The van der Waals surface area contributed by atoms with Gasteiger partial charge < -0.3 is 4.57 Å². The van der Waals surface area contributed by atoms with Gasteiger partial charge in [-0.25, -0.2) is 0 Å². The maximum atomic E-state index is 10.9. The Morgan fingerprint density at radius 1 is 1.05 bits per heavy atom. The number of fused-ring (bicyclic) bond motifs is 1. The van der Waals surface area contributed by atoms with Crippen LogP contribution in [-0.4, -0.2) is 10.9 Å². The second kappa shape index (κ2) is 4.39. The lowest BCUT2D eigenvalue weighted by atomic mass is 10.0. The summed E-state index contributed by atoms with van der Waals surface area (Å²) in [5, 5.41) is 1.23. The third kappa shape index (κ3) is 1.76. The van der Waals surface area contributed by atoms with Gasteiger partial charge in [0.15, 0.2) is 0 Å². The Hall–Kier alpha value is -2.35. The number of benzene rings is 2. The summed E-state index contributed by atoms with van der Waals surface area (Å²) in [6.07, 6.45) is 0.893. The molecule has 0 N–H and O–H groups in total. The Morgan fingerprint density at radius 2 is 1.84 bits per heavy atom. The molecule has 0 aliphatic carbocycles. The van der Waals surface area contributed by atoms with E-state index in [2.05, 4.69) is 42.8 Å². The molecule has 0 unspecified atom stereocenters. The fourth-order valence-corrected chi connectivity index (χ4v) is 2.65. The zero-order valence-electron chi connectivity index (χ0n) is 11.1. The molecule has 19 heavy (non-hydrogen) atoms. The highest BCUT2D eigenvalue weighted by molar-refractivity contribution is 5.98. The van der Waals surface area contributed by atoms with Crippen LogP contribution in [-0.2, 0) is 7.05 Å². The second-order valence-electron chi connectivity index (χ2n) is 4.78. The van der Waals surface area contributed by atoms with E-state index < -0.39 is 0 Å². The highest BCUT2D eigenvalue weighted by Crippen LogP contribution is 2.33. The number of carbonyl (C=O) groups is 1. The maximum Gasteiger partial charge on any atom is 0.150 e. The molecule has 0 saturated heterocycles. The molecule has 0 amide bonds. The van der Waals surface area contributed by atoms with Crippen LogP contribution in [0.5, 0.6) is 0 Å². The van der Waals surface area contributed by atoms with Crippen molar-refractivity contribution in [2.24, 2.45) is 7.05 Å². The lowest BCUT2D eigenvalue weighted by molar-refractivity contribution is 0.112. The molecule has 2 nitrogen and oxygen atoms in total. The van der Waals surface area contributed by atoms with Crippen molar-refractivity contribution in [3.05, 3.63) is 59.8 Å². The molecule has 0 spiro atoms. The first kappa shape index (κ1) is 11.7. The molecule has 0 bridgehead atoms. The molecule has 94 valence electrons. The Balaban J connectivity index is 2.35. The summed E-state index contributed by atoms with van der Waals surface area (Å²) in [4.78, 5) is 10.9. The second-order valence-corrected chi connectivity index (χ2v) is 4.78. The van der Waals surface area contributed by atoms with Crippen molar-refractivity contribution in [1.82, 2.24) is 4.57 Å². The number of carbonyl (C=O) groups excluding carboxylic acids is 1. The van der Waals surface area contributed by atoms with E-state index in [4.69, 9.17) is 0 Å². The minimum absolute atomic E-state index is 0.713. The molecule has 2 aromatic carbocycles. The van der Waals surface area contributed by atoms with Crippen molar-refractivity contribution in [2.75, 3.05) is 0 Å². The van der Waals surface area contributed by atoms with Crippen molar-refractivity contribution >= 4 is 17.2 Å². The van der Waals surface area contributed by atoms with Gasteiger partial charge in [0.05, 0.1) is 0 Å². The van der Waals surface area contributed by atoms with E-state index in [1.54, 1.807) is 0 Å². The normalized spacial score (nSPS) is 10.8. The lowest BCUT2D eigenvalue weighted by Gasteiger charge is -2.03. The first-order valence-electron chi connectivity index (χ1n) is 6.32. The van der Waals surface area contributed by atoms with E-state index in [1.807, 2.05) is 24.3 Å². The molecular formula is C17H15NO. The number of hydrogen-bond donors (Lipinski definition) is 0. The van der Waals surface area contributed by atoms with Gasteiger partial charge >= 0.3 is 0 Å². The van der Waals surface area contributed by atoms with E-state index >= 15 is 0 Å². The average molecular weight is 249 g/mol. The summed E-state index contributed by atoms with van der Waals surface area (Å²) in [5.41, 5.74) is 5.45. The van der Waals surface area contributed by atoms with Gasteiger partial charge in [0.1, 0.15) is 6.29 Å². The third-order valence-electron chi connectivity index (χ3n) is 3.71. The number of aromatic nitrogens is 1. The molecule has 3 rings (SSSR count). The van der Waals surface area contributed by atoms with Crippen LogP contribution in [0.4, 0.5) is 0 Å². The molecule has 1 heterocycles. The smallest absolute Gasteiger partial charge is 0.150 e. The van der Waals surface area contributed by atoms with E-state index in [0.29, 0.717) is 5.56 Å². The summed E-state index contributed by atoms with van der Waals surface area (Å²) in [5.74, 6) is 0.